The maximum absolute atomic E-state index is 12.7. The van der Waals surface area contributed by atoms with Crippen molar-refractivity contribution < 1.29 is 19.2 Å². The van der Waals surface area contributed by atoms with Gasteiger partial charge in [-0.05, 0) is 35.9 Å². The average molecular weight is 385 g/mol. The molecule has 1 aliphatic rings. The van der Waals surface area contributed by atoms with Crippen molar-refractivity contribution in [2.45, 2.75) is 26.3 Å². The number of benzene rings is 1. The molecule has 0 radical (unpaired) electrons. The zero-order chi connectivity index (χ0) is 19.6. The number of hydrazine groups is 1. The second-order valence-corrected chi connectivity index (χ2v) is 7.54. The molecule has 2 heterocycles. The molecule has 7 nitrogen and oxygen atoms in total. The van der Waals surface area contributed by atoms with E-state index in [9.17, 15) is 19.2 Å². The van der Waals surface area contributed by atoms with Gasteiger partial charge in [-0.1, -0.05) is 32.0 Å². The second-order valence-electron chi connectivity index (χ2n) is 6.59. The summed E-state index contributed by atoms with van der Waals surface area (Å²) in [4.78, 5) is 51.6. The van der Waals surface area contributed by atoms with Crippen LogP contribution in [-0.2, 0) is 4.79 Å². The van der Waals surface area contributed by atoms with Gasteiger partial charge in [0, 0.05) is 0 Å². The highest BCUT2D eigenvalue weighted by atomic mass is 32.1. The Balaban J connectivity index is 1.78. The van der Waals surface area contributed by atoms with Gasteiger partial charge in [0.25, 0.3) is 23.6 Å². The third-order valence-electron chi connectivity index (χ3n) is 4.18. The lowest BCUT2D eigenvalue weighted by atomic mass is 10.0. The number of nitrogens with one attached hydrogen (secondary N) is 2. The van der Waals surface area contributed by atoms with Crippen LogP contribution in [0.5, 0.6) is 0 Å². The summed E-state index contributed by atoms with van der Waals surface area (Å²) in [6, 6.07) is 8.82. The van der Waals surface area contributed by atoms with Crippen LogP contribution in [0.1, 0.15) is 50.7 Å². The fourth-order valence-electron chi connectivity index (χ4n) is 2.94. The number of nitrogens with zero attached hydrogens (tertiary/aromatic N) is 1. The summed E-state index contributed by atoms with van der Waals surface area (Å²) in [5, 5.41) is 1.75. The molecular formula is C19H19N3O4S. The molecule has 0 fully saturated rings. The molecule has 1 atom stereocenters. The normalized spacial score (nSPS) is 14.3. The number of imide groups is 1. The van der Waals surface area contributed by atoms with Crippen LogP contribution < -0.4 is 10.9 Å². The third-order valence-corrected chi connectivity index (χ3v) is 5.05. The lowest BCUT2D eigenvalue weighted by Gasteiger charge is -2.26. The van der Waals surface area contributed by atoms with Crippen molar-refractivity contribution in [1.29, 1.82) is 0 Å². The summed E-state index contributed by atoms with van der Waals surface area (Å²) >= 11 is 1.24. The minimum atomic E-state index is -1.01. The van der Waals surface area contributed by atoms with Gasteiger partial charge in [-0.2, -0.15) is 0 Å². The molecule has 0 bridgehead atoms. The van der Waals surface area contributed by atoms with E-state index in [0.717, 1.165) is 4.90 Å². The van der Waals surface area contributed by atoms with E-state index >= 15 is 0 Å². The standard InChI is InChI=1S/C19H19N3O4S/c1-11(2)10-14(16(23)20-21-17(24)15-8-5-9-27-15)22-18(25)12-6-3-4-7-13(12)19(22)26/h3-9,11,14H,10H2,1-2H3,(H,20,23)(H,21,24)/t14-/m1/s1. The van der Waals surface area contributed by atoms with Gasteiger partial charge in [-0.25, -0.2) is 0 Å². The van der Waals surface area contributed by atoms with Gasteiger partial charge in [-0.3, -0.25) is 34.9 Å². The maximum Gasteiger partial charge on any atom is 0.279 e. The monoisotopic (exact) mass is 385 g/mol. The molecule has 2 N–H and O–H groups in total. The zero-order valence-electron chi connectivity index (χ0n) is 14.9. The molecule has 0 aliphatic carbocycles. The quantitative estimate of drug-likeness (QED) is 0.609. The van der Waals surface area contributed by atoms with E-state index in [1.54, 1.807) is 41.8 Å². The average Bonchev–Trinajstić information content (AvgIpc) is 3.26. The molecule has 27 heavy (non-hydrogen) atoms. The summed E-state index contributed by atoms with van der Waals surface area (Å²) < 4.78 is 0. The summed E-state index contributed by atoms with van der Waals surface area (Å²) in [5.74, 6) is -2.01. The highest BCUT2D eigenvalue weighted by molar-refractivity contribution is 7.12. The molecule has 0 saturated heterocycles. The highest BCUT2D eigenvalue weighted by Gasteiger charge is 2.42. The van der Waals surface area contributed by atoms with E-state index in [4.69, 9.17) is 0 Å². The van der Waals surface area contributed by atoms with E-state index in [-0.39, 0.29) is 23.5 Å². The van der Waals surface area contributed by atoms with Crippen LogP contribution in [0.15, 0.2) is 41.8 Å². The number of carbonyl (C=O) groups excluding carboxylic acids is 4. The lowest BCUT2D eigenvalue weighted by Crippen LogP contribution is -2.54. The number of hydrogen-bond donors (Lipinski definition) is 2. The van der Waals surface area contributed by atoms with Crippen LogP contribution in [0.2, 0.25) is 0 Å². The van der Waals surface area contributed by atoms with Gasteiger partial charge in [0.15, 0.2) is 0 Å². The van der Waals surface area contributed by atoms with Crippen molar-refractivity contribution in [2.24, 2.45) is 5.92 Å². The minimum Gasteiger partial charge on any atom is -0.271 e. The Bertz CT molecular complexity index is 857. The van der Waals surface area contributed by atoms with Gasteiger partial charge < -0.3 is 0 Å². The molecule has 2 aromatic rings. The SMILES string of the molecule is CC(C)C[C@H](C(=O)NNC(=O)c1cccs1)N1C(=O)c2ccccc2C1=O. The summed E-state index contributed by atoms with van der Waals surface area (Å²) in [7, 11) is 0. The van der Waals surface area contributed by atoms with Crippen LogP contribution in [0.3, 0.4) is 0 Å². The molecule has 1 aliphatic heterocycles. The van der Waals surface area contributed by atoms with E-state index < -0.39 is 29.7 Å². The van der Waals surface area contributed by atoms with Crippen molar-refractivity contribution in [3.63, 3.8) is 0 Å². The molecule has 0 saturated carbocycles. The predicted octanol–water partition coefficient (Wildman–Crippen LogP) is 2.22. The Hall–Kier alpha value is -3.00. The molecule has 1 aromatic carbocycles. The summed E-state index contributed by atoms with van der Waals surface area (Å²) in [5.41, 5.74) is 5.25. The fraction of sp³-hybridized carbons (Fsp3) is 0.263. The fourth-order valence-corrected chi connectivity index (χ4v) is 3.56. The topological polar surface area (TPSA) is 95.6 Å². The minimum absolute atomic E-state index is 0.0538. The van der Waals surface area contributed by atoms with E-state index in [2.05, 4.69) is 10.9 Å². The maximum atomic E-state index is 12.7. The molecule has 0 spiro atoms. The van der Waals surface area contributed by atoms with Gasteiger partial charge in [0.2, 0.25) is 0 Å². The predicted molar refractivity (Wildman–Crippen MR) is 100 cm³/mol. The molecule has 4 amide bonds. The van der Waals surface area contributed by atoms with Crippen LogP contribution in [0, 0.1) is 5.92 Å². The Kier molecular flexibility index (Phi) is 5.36. The Labute approximate surface area is 160 Å². The zero-order valence-corrected chi connectivity index (χ0v) is 15.7. The van der Waals surface area contributed by atoms with Crippen LogP contribution in [-0.4, -0.2) is 34.6 Å². The van der Waals surface area contributed by atoms with Gasteiger partial charge in [0.05, 0.1) is 16.0 Å². The van der Waals surface area contributed by atoms with Gasteiger partial charge >= 0.3 is 0 Å². The highest BCUT2D eigenvalue weighted by Crippen LogP contribution is 2.26. The molecule has 140 valence electrons. The number of amides is 4. The van der Waals surface area contributed by atoms with Gasteiger partial charge in [0.1, 0.15) is 6.04 Å². The van der Waals surface area contributed by atoms with Crippen LogP contribution >= 0.6 is 11.3 Å². The Morgan fingerprint density at radius 3 is 2.15 bits per heavy atom. The number of hydrogen-bond acceptors (Lipinski definition) is 5. The van der Waals surface area contributed by atoms with Crippen molar-refractivity contribution in [2.75, 3.05) is 0 Å². The van der Waals surface area contributed by atoms with Crippen molar-refractivity contribution in [3.8, 4) is 0 Å². The number of fused-ring (bicyclic) bond motifs is 1. The molecule has 0 unspecified atom stereocenters. The summed E-state index contributed by atoms with van der Waals surface area (Å²) in [6.45, 7) is 3.78. The van der Waals surface area contributed by atoms with Crippen molar-refractivity contribution in [1.82, 2.24) is 15.8 Å². The molecule has 1 aromatic heterocycles. The number of carbonyl (C=O) groups is 4. The van der Waals surface area contributed by atoms with E-state index in [1.807, 2.05) is 13.8 Å². The Morgan fingerprint density at radius 1 is 1.00 bits per heavy atom. The number of rotatable bonds is 5. The third kappa shape index (κ3) is 3.75. The lowest BCUT2D eigenvalue weighted by molar-refractivity contribution is -0.126. The van der Waals surface area contributed by atoms with E-state index in [0.29, 0.717) is 4.88 Å². The van der Waals surface area contributed by atoms with Gasteiger partial charge in [-0.15, -0.1) is 11.3 Å². The first kappa shape index (κ1) is 18.8. The first-order chi connectivity index (χ1) is 12.9. The smallest absolute Gasteiger partial charge is 0.271 e. The Morgan fingerprint density at radius 2 is 1.63 bits per heavy atom. The van der Waals surface area contributed by atoms with Crippen molar-refractivity contribution in [3.05, 3.63) is 57.8 Å². The summed E-state index contributed by atoms with van der Waals surface area (Å²) in [6.07, 6.45) is 0.284. The van der Waals surface area contributed by atoms with Crippen LogP contribution in [0.25, 0.3) is 0 Å². The van der Waals surface area contributed by atoms with E-state index in [1.165, 1.54) is 11.3 Å². The van der Waals surface area contributed by atoms with Crippen LogP contribution in [0.4, 0.5) is 0 Å². The molecular weight excluding hydrogens is 366 g/mol. The number of thiophene rings is 1. The second kappa shape index (κ2) is 7.71. The van der Waals surface area contributed by atoms with Crippen molar-refractivity contribution >= 4 is 35.0 Å². The molecule has 8 heteroatoms. The first-order valence-corrected chi connectivity index (χ1v) is 9.38. The molecule has 3 rings (SSSR count). The first-order valence-electron chi connectivity index (χ1n) is 8.50. The largest absolute Gasteiger partial charge is 0.279 e.